The molecule has 4 heteroatoms. The first-order valence-electron chi connectivity index (χ1n) is 5.34. The molecule has 1 aromatic heterocycles. The Labute approximate surface area is 108 Å². The van der Waals surface area contributed by atoms with Crippen LogP contribution in [0.2, 0.25) is 4.34 Å². The van der Waals surface area contributed by atoms with Crippen molar-refractivity contribution in [2.45, 2.75) is 38.8 Å². The molecule has 0 aliphatic heterocycles. The Bertz CT molecular complexity index is 320. The fourth-order valence-electron chi connectivity index (χ4n) is 2.16. The van der Waals surface area contributed by atoms with Crippen LogP contribution in [0, 0.1) is 5.92 Å². The maximum absolute atomic E-state index is 6.00. The summed E-state index contributed by atoms with van der Waals surface area (Å²) in [5.41, 5.74) is 0. The fraction of sp³-hybridized carbons (Fsp3) is 0.636. The molecule has 1 N–H and O–H groups in total. The van der Waals surface area contributed by atoms with Crippen LogP contribution in [0.15, 0.2) is 10.5 Å². The molecule has 2 atom stereocenters. The molecule has 0 radical (unpaired) electrons. The summed E-state index contributed by atoms with van der Waals surface area (Å²) in [7, 11) is 0. The smallest absolute Gasteiger partial charge is 0.107 e. The van der Waals surface area contributed by atoms with Gasteiger partial charge in [-0.3, -0.25) is 0 Å². The van der Waals surface area contributed by atoms with E-state index in [1.165, 1.54) is 24.1 Å². The Hall–Kier alpha value is 0.430. The first kappa shape index (κ1) is 11.9. The molecule has 2 rings (SSSR count). The lowest BCUT2D eigenvalue weighted by atomic mass is 10.1. The van der Waals surface area contributed by atoms with E-state index in [-0.39, 0.29) is 0 Å². The molecular formula is C11H15BrClNS. The summed E-state index contributed by atoms with van der Waals surface area (Å²) in [5.74, 6) is 0.823. The average Bonchev–Trinajstić information content (AvgIpc) is 2.72. The van der Waals surface area contributed by atoms with E-state index >= 15 is 0 Å². The third-order valence-electron chi connectivity index (χ3n) is 3.10. The molecule has 1 saturated carbocycles. The van der Waals surface area contributed by atoms with Gasteiger partial charge >= 0.3 is 0 Å². The normalized spacial score (nSPS) is 26.1. The maximum Gasteiger partial charge on any atom is 0.107 e. The van der Waals surface area contributed by atoms with Crippen molar-refractivity contribution >= 4 is 38.9 Å². The van der Waals surface area contributed by atoms with Crippen LogP contribution in [0.5, 0.6) is 0 Å². The second-order valence-electron chi connectivity index (χ2n) is 4.23. The van der Waals surface area contributed by atoms with Crippen LogP contribution < -0.4 is 5.32 Å². The number of rotatable bonds is 3. The van der Waals surface area contributed by atoms with Gasteiger partial charge in [0.25, 0.3) is 0 Å². The quantitative estimate of drug-likeness (QED) is 0.870. The van der Waals surface area contributed by atoms with Crippen LogP contribution in [0.3, 0.4) is 0 Å². The average molecular weight is 309 g/mol. The van der Waals surface area contributed by atoms with Gasteiger partial charge in [-0.2, -0.15) is 0 Å². The van der Waals surface area contributed by atoms with Crippen molar-refractivity contribution in [1.29, 1.82) is 0 Å². The molecule has 1 aliphatic carbocycles. The third kappa shape index (κ3) is 2.96. The summed E-state index contributed by atoms with van der Waals surface area (Å²) in [6.07, 6.45) is 4.06. The highest BCUT2D eigenvalue weighted by atomic mass is 79.9. The first-order valence-corrected chi connectivity index (χ1v) is 7.32. The molecule has 84 valence electrons. The lowest BCUT2D eigenvalue weighted by Crippen LogP contribution is -2.30. The largest absolute Gasteiger partial charge is 0.309 e. The van der Waals surface area contributed by atoms with Crippen molar-refractivity contribution in [2.75, 3.05) is 0 Å². The molecule has 0 saturated heterocycles. The van der Waals surface area contributed by atoms with Gasteiger partial charge in [0.05, 0.1) is 0 Å². The Kier molecular flexibility index (Phi) is 4.10. The Morgan fingerprint density at radius 3 is 2.93 bits per heavy atom. The number of halogens is 2. The highest BCUT2D eigenvalue weighted by Gasteiger charge is 2.22. The molecule has 15 heavy (non-hydrogen) atoms. The van der Waals surface area contributed by atoms with Gasteiger partial charge in [-0.25, -0.2) is 0 Å². The Balaban J connectivity index is 1.87. The summed E-state index contributed by atoms with van der Waals surface area (Å²) in [6.45, 7) is 3.28. The van der Waals surface area contributed by atoms with E-state index in [1.807, 2.05) is 0 Å². The highest BCUT2D eigenvalue weighted by molar-refractivity contribution is 9.10. The van der Waals surface area contributed by atoms with Crippen molar-refractivity contribution in [2.24, 2.45) is 5.92 Å². The van der Waals surface area contributed by atoms with Crippen molar-refractivity contribution in [1.82, 2.24) is 5.32 Å². The molecule has 1 heterocycles. The molecule has 2 unspecified atom stereocenters. The summed E-state index contributed by atoms with van der Waals surface area (Å²) < 4.78 is 1.87. The first-order chi connectivity index (χ1) is 7.16. The zero-order valence-electron chi connectivity index (χ0n) is 8.72. The molecule has 1 nitrogen and oxygen atoms in total. The lowest BCUT2D eigenvalue weighted by molar-refractivity contribution is 0.427. The van der Waals surface area contributed by atoms with Gasteiger partial charge in [0.2, 0.25) is 0 Å². The van der Waals surface area contributed by atoms with Crippen LogP contribution in [-0.4, -0.2) is 6.04 Å². The lowest BCUT2D eigenvalue weighted by Gasteiger charge is -2.16. The molecule has 0 bridgehead atoms. The van der Waals surface area contributed by atoms with Crippen molar-refractivity contribution < 1.29 is 0 Å². The van der Waals surface area contributed by atoms with Gasteiger partial charge in [-0.1, -0.05) is 24.9 Å². The van der Waals surface area contributed by atoms with Crippen LogP contribution in [0.1, 0.15) is 31.1 Å². The Morgan fingerprint density at radius 1 is 1.60 bits per heavy atom. The van der Waals surface area contributed by atoms with Crippen molar-refractivity contribution in [3.05, 3.63) is 19.8 Å². The van der Waals surface area contributed by atoms with Gasteiger partial charge in [-0.15, -0.1) is 11.3 Å². The third-order valence-corrected chi connectivity index (χ3v) is 5.57. The predicted octanol–water partition coefficient (Wildman–Crippen LogP) is 4.44. The molecular weight excluding hydrogens is 294 g/mol. The highest BCUT2D eigenvalue weighted by Crippen LogP contribution is 2.32. The minimum absolute atomic E-state index is 0.699. The van der Waals surface area contributed by atoms with E-state index < -0.39 is 0 Å². The molecule has 0 aromatic carbocycles. The fourth-order valence-corrected chi connectivity index (χ4v) is 3.90. The molecule has 1 aliphatic rings. The SMILES string of the molecule is CC1CCCC1NCc1cc(Br)c(Cl)s1. The van der Waals surface area contributed by atoms with Crippen LogP contribution in [0.25, 0.3) is 0 Å². The summed E-state index contributed by atoms with van der Waals surface area (Å²) in [6, 6.07) is 2.81. The minimum Gasteiger partial charge on any atom is -0.309 e. The molecule has 0 spiro atoms. The van der Waals surface area contributed by atoms with E-state index in [0.717, 1.165) is 21.3 Å². The topological polar surface area (TPSA) is 12.0 Å². The van der Waals surface area contributed by atoms with Crippen LogP contribution in [-0.2, 0) is 6.54 Å². The van der Waals surface area contributed by atoms with E-state index in [9.17, 15) is 0 Å². The number of thiophene rings is 1. The zero-order valence-corrected chi connectivity index (χ0v) is 11.9. The summed E-state index contributed by atoms with van der Waals surface area (Å²) >= 11 is 11.1. The summed E-state index contributed by atoms with van der Waals surface area (Å²) in [5, 5.41) is 3.62. The van der Waals surface area contributed by atoms with E-state index in [4.69, 9.17) is 11.6 Å². The minimum atomic E-state index is 0.699. The van der Waals surface area contributed by atoms with Gasteiger partial charge in [0, 0.05) is 21.9 Å². The maximum atomic E-state index is 6.00. The van der Waals surface area contributed by atoms with E-state index in [0.29, 0.717) is 6.04 Å². The van der Waals surface area contributed by atoms with E-state index in [2.05, 4.69) is 34.2 Å². The second kappa shape index (κ2) is 5.17. The number of nitrogens with one attached hydrogen (secondary N) is 1. The van der Waals surface area contributed by atoms with E-state index in [1.54, 1.807) is 11.3 Å². The number of hydrogen-bond donors (Lipinski definition) is 1. The van der Waals surface area contributed by atoms with Gasteiger partial charge < -0.3 is 5.32 Å². The monoisotopic (exact) mass is 307 g/mol. The van der Waals surface area contributed by atoms with Gasteiger partial charge in [0.15, 0.2) is 0 Å². The van der Waals surface area contributed by atoms with Gasteiger partial charge in [0.1, 0.15) is 4.34 Å². The predicted molar refractivity (Wildman–Crippen MR) is 70.7 cm³/mol. The second-order valence-corrected chi connectivity index (χ2v) is 6.82. The molecule has 1 fully saturated rings. The van der Waals surface area contributed by atoms with Crippen LogP contribution in [0.4, 0.5) is 0 Å². The molecule has 1 aromatic rings. The molecule has 0 amide bonds. The Morgan fingerprint density at radius 2 is 2.40 bits per heavy atom. The van der Waals surface area contributed by atoms with Crippen molar-refractivity contribution in [3.63, 3.8) is 0 Å². The summed E-state index contributed by atoms with van der Waals surface area (Å²) in [4.78, 5) is 1.31. The van der Waals surface area contributed by atoms with Crippen LogP contribution >= 0.6 is 38.9 Å². The van der Waals surface area contributed by atoms with Gasteiger partial charge in [-0.05, 0) is 40.8 Å². The van der Waals surface area contributed by atoms with Crippen molar-refractivity contribution in [3.8, 4) is 0 Å². The zero-order chi connectivity index (χ0) is 10.8. The standard InChI is InChI=1S/C11H15BrClNS/c1-7-3-2-4-10(7)14-6-8-5-9(12)11(13)15-8/h5,7,10,14H,2-4,6H2,1H3. The number of hydrogen-bond acceptors (Lipinski definition) is 2.